The summed E-state index contributed by atoms with van der Waals surface area (Å²) in [5, 5.41) is 9.57. The number of benzene rings is 1. The maximum absolute atomic E-state index is 12.0. The SMILES string of the molecule is CC(O)c1ccccc1NS(=O)(=O)C(C)(C)C. The molecule has 0 bridgehead atoms. The average Bonchev–Trinajstić information content (AvgIpc) is 2.15. The van der Waals surface area contributed by atoms with Gasteiger partial charge in [-0.25, -0.2) is 8.42 Å². The number of hydrogen-bond acceptors (Lipinski definition) is 3. The highest BCUT2D eigenvalue weighted by molar-refractivity contribution is 7.94. The molecule has 0 heterocycles. The van der Waals surface area contributed by atoms with Gasteiger partial charge in [0, 0.05) is 5.56 Å². The van der Waals surface area contributed by atoms with E-state index in [0.29, 0.717) is 11.3 Å². The zero-order chi connectivity index (χ0) is 13.3. The number of sulfonamides is 1. The molecule has 0 aromatic heterocycles. The smallest absolute Gasteiger partial charge is 0.237 e. The van der Waals surface area contributed by atoms with E-state index < -0.39 is 20.9 Å². The molecule has 4 nitrogen and oxygen atoms in total. The Hall–Kier alpha value is -1.07. The molecule has 1 aromatic rings. The molecule has 0 fully saturated rings. The molecule has 0 radical (unpaired) electrons. The van der Waals surface area contributed by atoms with E-state index >= 15 is 0 Å². The average molecular weight is 257 g/mol. The second kappa shape index (κ2) is 4.66. The Morgan fingerprint density at radius 1 is 1.24 bits per heavy atom. The van der Waals surface area contributed by atoms with Gasteiger partial charge in [-0.15, -0.1) is 0 Å². The number of rotatable bonds is 3. The molecule has 0 amide bonds. The van der Waals surface area contributed by atoms with Gasteiger partial charge in [0.05, 0.1) is 16.5 Å². The topological polar surface area (TPSA) is 66.4 Å². The van der Waals surface area contributed by atoms with E-state index in [4.69, 9.17) is 0 Å². The molecule has 0 saturated heterocycles. The molecule has 1 atom stereocenters. The minimum Gasteiger partial charge on any atom is -0.389 e. The Morgan fingerprint density at radius 3 is 2.24 bits per heavy atom. The Morgan fingerprint density at radius 2 is 1.76 bits per heavy atom. The fraction of sp³-hybridized carbons (Fsp3) is 0.500. The van der Waals surface area contributed by atoms with Gasteiger partial charge in [-0.1, -0.05) is 18.2 Å². The van der Waals surface area contributed by atoms with Crippen LogP contribution >= 0.6 is 0 Å². The van der Waals surface area contributed by atoms with Crippen molar-refractivity contribution in [2.45, 2.75) is 38.5 Å². The summed E-state index contributed by atoms with van der Waals surface area (Å²) in [5.41, 5.74) is 0.998. The first kappa shape index (κ1) is 14.0. The summed E-state index contributed by atoms with van der Waals surface area (Å²) >= 11 is 0. The van der Waals surface area contributed by atoms with E-state index in [0.717, 1.165) is 0 Å². The lowest BCUT2D eigenvalue weighted by atomic mass is 10.1. The van der Waals surface area contributed by atoms with Crippen molar-refractivity contribution in [3.8, 4) is 0 Å². The van der Waals surface area contributed by atoms with Gasteiger partial charge in [-0.2, -0.15) is 0 Å². The standard InChI is InChI=1S/C12H19NO3S/c1-9(14)10-7-5-6-8-11(10)13-17(15,16)12(2,3)4/h5-9,13-14H,1-4H3. The maximum Gasteiger partial charge on any atom is 0.237 e. The van der Waals surface area contributed by atoms with Crippen LogP contribution in [0.2, 0.25) is 0 Å². The normalized spacial score (nSPS) is 14.4. The molecule has 1 rings (SSSR count). The Bertz CT molecular complexity index is 487. The second-order valence-corrected chi connectivity index (χ2v) is 7.42. The summed E-state index contributed by atoms with van der Waals surface area (Å²) in [7, 11) is -3.47. The number of aliphatic hydroxyl groups excluding tert-OH is 1. The van der Waals surface area contributed by atoms with Crippen molar-refractivity contribution in [1.29, 1.82) is 0 Å². The lowest BCUT2D eigenvalue weighted by Crippen LogP contribution is -2.34. The van der Waals surface area contributed by atoms with Crippen LogP contribution in [0.1, 0.15) is 39.4 Å². The zero-order valence-electron chi connectivity index (χ0n) is 10.6. The van der Waals surface area contributed by atoms with Crippen LogP contribution in [-0.4, -0.2) is 18.3 Å². The Kier molecular flexibility index (Phi) is 3.84. The molecule has 1 aromatic carbocycles. The number of nitrogens with one attached hydrogen (secondary N) is 1. The quantitative estimate of drug-likeness (QED) is 0.873. The first-order valence-corrected chi connectivity index (χ1v) is 6.93. The highest BCUT2D eigenvalue weighted by Gasteiger charge is 2.29. The van der Waals surface area contributed by atoms with Gasteiger partial charge in [0.1, 0.15) is 0 Å². The monoisotopic (exact) mass is 257 g/mol. The Balaban J connectivity index is 3.13. The summed E-state index contributed by atoms with van der Waals surface area (Å²) in [6, 6.07) is 6.83. The van der Waals surface area contributed by atoms with Crippen molar-refractivity contribution < 1.29 is 13.5 Å². The van der Waals surface area contributed by atoms with Crippen LogP contribution in [0.3, 0.4) is 0 Å². The fourth-order valence-corrected chi connectivity index (χ4v) is 2.03. The van der Waals surface area contributed by atoms with Crippen molar-refractivity contribution in [3.63, 3.8) is 0 Å². The molecule has 17 heavy (non-hydrogen) atoms. The Labute approximate surface area is 103 Å². The van der Waals surface area contributed by atoms with E-state index in [1.54, 1.807) is 52.0 Å². The predicted octanol–water partition coefficient (Wildman–Crippen LogP) is 2.28. The molecule has 0 saturated carbocycles. The molecule has 1 unspecified atom stereocenters. The molecular weight excluding hydrogens is 238 g/mol. The van der Waals surface area contributed by atoms with Crippen LogP contribution in [0.4, 0.5) is 5.69 Å². The van der Waals surface area contributed by atoms with Gasteiger partial charge in [-0.05, 0) is 33.8 Å². The third-order valence-corrected chi connectivity index (χ3v) is 4.56. The highest BCUT2D eigenvalue weighted by Crippen LogP contribution is 2.26. The molecule has 96 valence electrons. The highest BCUT2D eigenvalue weighted by atomic mass is 32.2. The number of para-hydroxylation sites is 1. The van der Waals surface area contributed by atoms with Gasteiger partial charge < -0.3 is 5.11 Å². The minimum atomic E-state index is -3.47. The van der Waals surface area contributed by atoms with Crippen LogP contribution in [0.15, 0.2) is 24.3 Å². The third-order valence-electron chi connectivity index (χ3n) is 2.46. The van der Waals surface area contributed by atoms with E-state index in [1.165, 1.54) is 0 Å². The van der Waals surface area contributed by atoms with Crippen molar-refractivity contribution in [2.75, 3.05) is 4.72 Å². The van der Waals surface area contributed by atoms with Crippen LogP contribution in [0.5, 0.6) is 0 Å². The van der Waals surface area contributed by atoms with Crippen LogP contribution in [0.25, 0.3) is 0 Å². The summed E-state index contributed by atoms with van der Waals surface area (Å²) in [5.74, 6) is 0. The van der Waals surface area contributed by atoms with E-state index in [-0.39, 0.29) is 0 Å². The third kappa shape index (κ3) is 3.20. The summed E-state index contributed by atoms with van der Waals surface area (Å²) < 4.78 is 25.6. The molecule has 0 aliphatic heterocycles. The van der Waals surface area contributed by atoms with Crippen molar-refractivity contribution in [2.24, 2.45) is 0 Å². The molecular formula is C12H19NO3S. The molecule has 0 aliphatic rings. The van der Waals surface area contributed by atoms with Crippen molar-refractivity contribution in [3.05, 3.63) is 29.8 Å². The van der Waals surface area contributed by atoms with Crippen LogP contribution in [0, 0.1) is 0 Å². The minimum absolute atomic E-state index is 0.428. The first-order valence-electron chi connectivity index (χ1n) is 5.44. The summed E-state index contributed by atoms with van der Waals surface area (Å²) in [6.07, 6.45) is -0.714. The second-order valence-electron chi connectivity index (χ2n) is 4.98. The molecule has 5 heteroatoms. The van der Waals surface area contributed by atoms with E-state index in [9.17, 15) is 13.5 Å². The van der Waals surface area contributed by atoms with E-state index in [2.05, 4.69) is 4.72 Å². The number of hydrogen-bond donors (Lipinski definition) is 2. The summed E-state index contributed by atoms with van der Waals surface area (Å²) in [4.78, 5) is 0. The molecule has 0 spiro atoms. The van der Waals surface area contributed by atoms with Crippen molar-refractivity contribution >= 4 is 15.7 Å². The van der Waals surface area contributed by atoms with Gasteiger partial charge >= 0.3 is 0 Å². The summed E-state index contributed by atoms with van der Waals surface area (Å²) in [6.45, 7) is 6.48. The number of anilines is 1. The van der Waals surface area contributed by atoms with Crippen molar-refractivity contribution in [1.82, 2.24) is 0 Å². The number of aliphatic hydroxyl groups is 1. The van der Waals surface area contributed by atoms with E-state index in [1.807, 2.05) is 0 Å². The molecule has 0 aliphatic carbocycles. The van der Waals surface area contributed by atoms with Crippen LogP contribution < -0.4 is 4.72 Å². The fourth-order valence-electron chi connectivity index (χ4n) is 1.25. The first-order chi connectivity index (χ1) is 7.65. The lowest BCUT2D eigenvalue weighted by molar-refractivity contribution is 0.200. The van der Waals surface area contributed by atoms with Gasteiger partial charge in [0.25, 0.3) is 0 Å². The zero-order valence-corrected chi connectivity index (χ0v) is 11.4. The lowest BCUT2D eigenvalue weighted by Gasteiger charge is -2.22. The van der Waals surface area contributed by atoms with Gasteiger partial charge in [0.2, 0.25) is 10.0 Å². The molecule has 2 N–H and O–H groups in total. The predicted molar refractivity (Wildman–Crippen MR) is 69.4 cm³/mol. The van der Waals surface area contributed by atoms with Gasteiger partial charge in [-0.3, -0.25) is 4.72 Å². The van der Waals surface area contributed by atoms with Crippen LogP contribution in [-0.2, 0) is 10.0 Å². The largest absolute Gasteiger partial charge is 0.389 e. The van der Waals surface area contributed by atoms with Gasteiger partial charge in [0.15, 0.2) is 0 Å². The maximum atomic E-state index is 12.0.